The van der Waals surface area contributed by atoms with Crippen molar-refractivity contribution in [1.29, 1.82) is 0 Å². The van der Waals surface area contributed by atoms with Gasteiger partial charge in [-0.3, -0.25) is 0 Å². The molecule has 0 bridgehead atoms. The molecule has 5 heteroatoms. The Morgan fingerprint density at radius 2 is 2.06 bits per heavy atom. The fourth-order valence-corrected chi connectivity index (χ4v) is 1.61. The van der Waals surface area contributed by atoms with Crippen LogP contribution in [-0.2, 0) is 7.05 Å². The van der Waals surface area contributed by atoms with E-state index in [0.29, 0.717) is 0 Å². The molecule has 0 aliphatic rings. The van der Waals surface area contributed by atoms with E-state index < -0.39 is 0 Å². The number of tetrazole rings is 1. The summed E-state index contributed by atoms with van der Waals surface area (Å²) in [5, 5.41) is 14.9. The second kappa shape index (κ2) is 4.76. The van der Waals surface area contributed by atoms with Crippen LogP contribution in [0.5, 0.6) is 0 Å². The molecule has 1 aromatic heterocycles. The van der Waals surface area contributed by atoms with Crippen LogP contribution in [0.4, 0.5) is 5.69 Å². The maximum absolute atomic E-state index is 4.01. The maximum atomic E-state index is 4.01. The first kappa shape index (κ1) is 12.5. The van der Waals surface area contributed by atoms with Gasteiger partial charge in [-0.1, -0.05) is 32.9 Å². The quantitative estimate of drug-likeness (QED) is 0.901. The first-order valence-corrected chi connectivity index (χ1v) is 6.02. The van der Waals surface area contributed by atoms with E-state index in [2.05, 4.69) is 53.7 Å². The average molecular weight is 245 g/mol. The van der Waals surface area contributed by atoms with Crippen LogP contribution in [-0.4, -0.2) is 26.8 Å². The summed E-state index contributed by atoms with van der Waals surface area (Å²) in [4.78, 5) is 0. The smallest absolute Gasteiger partial charge is 0.181 e. The van der Waals surface area contributed by atoms with Gasteiger partial charge in [0.15, 0.2) is 5.82 Å². The van der Waals surface area contributed by atoms with Gasteiger partial charge in [0.25, 0.3) is 0 Å². The Morgan fingerprint density at radius 1 is 1.28 bits per heavy atom. The van der Waals surface area contributed by atoms with Crippen molar-refractivity contribution in [2.75, 3.05) is 11.9 Å². The minimum Gasteiger partial charge on any atom is -0.385 e. The highest BCUT2D eigenvalue weighted by molar-refractivity contribution is 5.62. The molecule has 0 fully saturated rings. The Hall–Kier alpha value is -1.91. The zero-order valence-electron chi connectivity index (χ0n) is 11.3. The van der Waals surface area contributed by atoms with E-state index in [1.165, 1.54) is 0 Å². The lowest BCUT2D eigenvalue weighted by Crippen LogP contribution is -2.18. The Labute approximate surface area is 107 Å². The van der Waals surface area contributed by atoms with Crippen molar-refractivity contribution >= 4 is 5.69 Å². The molecule has 1 aromatic carbocycles. The first-order chi connectivity index (χ1) is 8.46. The second-order valence-corrected chi connectivity index (χ2v) is 5.62. The van der Waals surface area contributed by atoms with Crippen molar-refractivity contribution in [2.24, 2.45) is 12.5 Å². The summed E-state index contributed by atoms with van der Waals surface area (Å²) in [6, 6.07) is 8.14. The summed E-state index contributed by atoms with van der Waals surface area (Å²) in [5.41, 5.74) is 2.36. The van der Waals surface area contributed by atoms with Gasteiger partial charge in [-0.05, 0) is 28.0 Å². The van der Waals surface area contributed by atoms with Crippen LogP contribution < -0.4 is 5.32 Å². The van der Waals surface area contributed by atoms with Crippen LogP contribution in [0.2, 0.25) is 0 Å². The molecule has 0 atom stereocenters. The minimum atomic E-state index is 0.252. The van der Waals surface area contributed by atoms with Gasteiger partial charge in [-0.15, -0.1) is 5.10 Å². The molecule has 0 radical (unpaired) electrons. The Bertz CT molecular complexity index is 524. The van der Waals surface area contributed by atoms with Crippen LogP contribution in [0, 0.1) is 5.41 Å². The number of nitrogens with one attached hydrogen (secondary N) is 1. The van der Waals surface area contributed by atoms with Gasteiger partial charge < -0.3 is 5.32 Å². The molecular weight excluding hydrogens is 226 g/mol. The standard InChI is InChI=1S/C13H19N5/c1-13(2,3)9-14-11-7-5-6-10(8-11)12-15-16-17-18(12)4/h5-8,14H,9H2,1-4H3. The van der Waals surface area contributed by atoms with Gasteiger partial charge in [0.2, 0.25) is 0 Å². The van der Waals surface area contributed by atoms with Crippen LogP contribution in [0.25, 0.3) is 11.4 Å². The summed E-state index contributed by atoms with van der Waals surface area (Å²) in [7, 11) is 1.84. The topological polar surface area (TPSA) is 55.6 Å². The number of rotatable bonds is 3. The Morgan fingerprint density at radius 3 is 2.67 bits per heavy atom. The van der Waals surface area contributed by atoms with Crippen LogP contribution in [0.1, 0.15) is 20.8 Å². The molecule has 0 spiro atoms. The lowest BCUT2D eigenvalue weighted by atomic mass is 9.97. The number of aryl methyl sites for hydroxylation is 1. The zero-order valence-corrected chi connectivity index (χ0v) is 11.3. The highest BCUT2D eigenvalue weighted by atomic mass is 15.5. The van der Waals surface area contributed by atoms with Crippen molar-refractivity contribution in [3.63, 3.8) is 0 Å². The van der Waals surface area contributed by atoms with E-state index in [9.17, 15) is 0 Å². The Kier molecular flexibility index (Phi) is 3.32. The molecule has 0 saturated carbocycles. The van der Waals surface area contributed by atoms with Gasteiger partial charge in [0, 0.05) is 24.8 Å². The van der Waals surface area contributed by atoms with Gasteiger partial charge in [-0.25, -0.2) is 4.68 Å². The molecule has 1 heterocycles. The summed E-state index contributed by atoms with van der Waals surface area (Å²) < 4.78 is 1.67. The molecule has 1 N–H and O–H groups in total. The molecule has 0 saturated heterocycles. The molecule has 2 aromatic rings. The van der Waals surface area contributed by atoms with Crippen molar-refractivity contribution in [3.8, 4) is 11.4 Å². The molecule has 5 nitrogen and oxygen atoms in total. The van der Waals surface area contributed by atoms with Crippen molar-refractivity contribution in [1.82, 2.24) is 20.2 Å². The summed E-state index contributed by atoms with van der Waals surface area (Å²) in [6.07, 6.45) is 0. The van der Waals surface area contributed by atoms with Crippen molar-refractivity contribution in [3.05, 3.63) is 24.3 Å². The fourth-order valence-electron chi connectivity index (χ4n) is 1.61. The molecule has 96 valence electrons. The number of nitrogens with zero attached hydrogens (tertiary/aromatic N) is 4. The van der Waals surface area contributed by atoms with Crippen LogP contribution >= 0.6 is 0 Å². The molecule has 0 amide bonds. The maximum Gasteiger partial charge on any atom is 0.181 e. The summed E-state index contributed by atoms with van der Waals surface area (Å²) in [5.74, 6) is 0.773. The second-order valence-electron chi connectivity index (χ2n) is 5.62. The fraction of sp³-hybridized carbons (Fsp3) is 0.462. The van der Waals surface area contributed by atoms with E-state index in [4.69, 9.17) is 0 Å². The van der Waals surface area contributed by atoms with E-state index >= 15 is 0 Å². The SMILES string of the molecule is Cn1nnnc1-c1cccc(NCC(C)(C)C)c1. The van der Waals surface area contributed by atoms with Gasteiger partial charge in [0.05, 0.1) is 0 Å². The van der Waals surface area contributed by atoms with E-state index in [1.54, 1.807) is 4.68 Å². The summed E-state index contributed by atoms with van der Waals surface area (Å²) in [6.45, 7) is 7.54. The van der Waals surface area contributed by atoms with E-state index in [0.717, 1.165) is 23.6 Å². The summed E-state index contributed by atoms with van der Waals surface area (Å²) >= 11 is 0. The highest BCUT2D eigenvalue weighted by Gasteiger charge is 2.10. The molecule has 2 rings (SSSR count). The molecule has 0 aliphatic heterocycles. The average Bonchev–Trinajstić information content (AvgIpc) is 2.72. The highest BCUT2D eigenvalue weighted by Crippen LogP contribution is 2.21. The predicted molar refractivity (Wildman–Crippen MR) is 72.2 cm³/mol. The number of hydrogen-bond donors (Lipinski definition) is 1. The Balaban J connectivity index is 2.18. The zero-order chi connectivity index (χ0) is 13.2. The number of hydrogen-bond acceptors (Lipinski definition) is 4. The van der Waals surface area contributed by atoms with E-state index in [-0.39, 0.29) is 5.41 Å². The van der Waals surface area contributed by atoms with Crippen LogP contribution in [0.3, 0.4) is 0 Å². The van der Waals surface area contributed by atoms with Crippen molar-refractivity contribution in [2.45, 2.75) is 20.8 Å². The van der Waals surface area contributed by atoms with Crippen LogP contribution in [0.15, 0.2) is 24.3 Å². The number of anilines is 1. The lowest BCUT2D eigenvalue weighted by molar-refractivity contribution is 0.443. The molecule has 18 heavy (non-hydrogen) atoms. The number of aromatic nitrogens is 4. The van der Waals surface area contributed by atoms with Crippen molar-refractivity contribution < 1.29 is 0 Å². The van der Waals surface area contributed by atoms with Gasteiger partial charge in [-0.2, -0.15) is 0 Å². The third-order valence-corrected chi connectivity index (χ3v) is 2.56. The van der Waals surface area contributed by atoms with E-state index in [1.807, 2.05) is 19.2 Å². The molecule has 0 aliphatic carbocycles. The largest absolute Gasteiger partial charge is 0.385 e. The lowest BCUT2D eigenvalue weighted by Gasteiger charge is -2.19. The first-order valence-electron chi connectivity index (χ1n) is 6.02. The minimum absolute atomic E-state index is 0.252. The normalized spacial score (nSPS) is 11.6. The monoisotopic (exact) mass is 245 g/mol. The molecular formula is C13H19N5. The molecule has 0 unspecified atom stereocenters. The van der Waals surface area contributed by atoms with Gasteiger partial charge >= 0.3 is 0 Å². The third-order valence-electron chi connectivity index (χ3n) is 2.56. The number of benzene rings is 1. The predicted octanol–water partition coefficient (Wildman–Crippen LogP) is 2.34. The third kappa shape index (κ3) is 3.06. The van der Waals surface area contributed by atoms with Gasteiger partial charge in [0.1, 0.15) is 0 Å².